The normalized spacial score (nSPS) is 13.5. The number of hydrogen-bond acceptors (Lipinski definition) is 8. The SMILES string of the molecule is O=C(CSc1nnc(N2CCCC2)n1Cc1ccco1)Nc1cc([N+](=O)[O-])ccc1Cl. The molecule has 4 rings (SSSR count). The molecule has 0 unspecified atom stereocenters. The van der Waals surface area contributed by atoms with Crippen molar-refractivity contribution in [1.82, 2.24) is 14.8 Å². The van der Waals surface area contributed by atoms with Crippen LogP contribution >= 0.6 is 23.4 Å². The van der Waals surface area contributed by atoms with E-state index in [9.17, 15) is 14.9 Å². The molecule has 1 aliphatic heterocycles. The number of benzene rings is 1. The number of halogens is 1. The summed E-state index contributed by atoms with van der Waals surface area (Å²) in [6.07, 6.45) is 3.81. The molecule has 3 heterocycles. The van der Waals surface area contributed by atoms with Crippen LogP contribution in [0.4, 0.5) is 17.3 Å². The molecule has 0 atom stereocenters. The molecule has 3 aromatic rings. The summed E-state index contributed by atoms with van der Waals surface area (Å²) < 4.78 is 7.41. The van der Waals surface area contributed by atoms with Crippen LogP contribution in [-0.2, 0) is 11.3 Å². The minimum absolute atomic E-state index is 0.0370. The monoisotopic (exact) mass is 462 g/mol. The fourth-order valence-corrected chi connectivity index (χ4v) is 4.17. The molecule has 0 spiro atoms. The summed E-state index contributed by atoms with van der Waals surface area (Å²) in [7, 11) is 0. The van der Waals surface area contributed by atoms with Crippen molar-refractivity contribution in [2.24, 2.45) is 0 Å². The first-order valence-corrected chi connectivity index (χ1v) is 10.9. The third-order valence-electron chi connectivity index (χ3n) is 4.75. The molecule has 0 aliphatic carbocycles. The van der Waals surface area contributed by atoms with E-state index in [2.05, 4.69) is 20.4 Å². The number of carbonyl (C=O) groups excluding carboxylic acids is 1. The Hall–Kier alpha value is -3.05. The van der Waals surface area contributed by atoms with Crippen LogP contribution in [0.2, 0.25) is 5.02 Å². The second-order valence-electron chi connectivity index (χ2n) is 6.90. The van der Waals surface area contributed by atoms with Crippen LogP contribution in [0, 0.1) is 10.1 Å². The zero-order valence-corrected chi connectivity index (χ0v) is 17.9. The Labute approximate surface area is 186 Å². The van der Waals surface area contributed by atoms with Gasteiger partial charge in [0.15, 0.2) is 5.16 Å². The highest BCUT2D eigenvalue weighted by Gasteiger charge is 2.23. The zero-order valence-electron chi connectivity index (χ0n) is 16.4. The molecule has 1 aliphatic rings. The Balaban J connectivity index is 1.47. The van der Waals surface area contributed by atoms with Gasteiger partial charge in [-0.2, -0.15) is 0 Å². The standard InChI is InChI=1S/C19H19ClN6O4S/c20-15-6-5-13(26(28)29)10-16(15)21-17(27)12-31-19-23-22-18(24-7-1-2-8-24)25(19)11-14-4-3-9-30-14/h3-6,9-10H,1-2,7-8,11-12H2,(H,21,27). The van der Waals surface area contributed by atoms with Crippen molar-refractivity contribution in [2.45, 2.75) is 24.5 Å². The Morgan fingerprint density at radius 1 is 1.29 bits per heavy atom. The van der Waals surface area contributed by atoms with E-state index >= 15 is 0 Å². The van der Waals surface area contributed by atoms with E-state index in [1.54, 1.807) is 6.26 Å². The Morgan fingerprint density at radius 2 is 2.10 bits per heavy atom. The third kappa shape index (κ3) is 5.00. The van der Waals surface area contributed by atoms with Crippen LogP contribution < -0.4 is 10.2 Å². The van der Waals surface area contributed by atoms with Gasteiger partial charge in [0.05, 0.1) is 34.2 Å². The molecule has 1 aromatic carbocycles. The number of aromatic nitrogens is 3. The van der Waals surface area contributed by atoms with E-state index in [1.807, 2.05) is 16.7 Å². The maximum atomic E-state index is 12.5. The molecule has 31 heavy (non-hydrogen) atoms. The molecular weight excluding hydrogens is 444 g/mol. The number of nitro benzene ring substituents is 1. The number of anilines is 2. The summed E-state index contributed by atoms with van der Waals surface area (Å²) in [5.41, 5.74) is 0.0390. The number of carbonyl (C=O) groups is 1. The van der Waals surface area contributed by atoms with Crippen LogP contribution in [0.5, 0.6) is 0 Å². The van der Waals surface area contributed by atoms with Gasteiger partial charge in [0.2, 0.25) is 11.9 Å². The van der Waals surface area contributed by atoms with Crippen molar-refractivity contribution < 1.29 is 14.1 Å². The Kier molecular flexibility index (Phi) is 6.42. The highest BCUT2D eigenvalue weighted by molar-refractivity contribution is 7.99. The maximum Gasteiger partial charge on any atom is 0.271 e. The first-order chi connectivity index (χ1) is 15.0. The minimum atomic E-state index is -0.544. The maximum absolute atomic E-state index is 12.5. The fraction of sp³-hybridized carbons (Fsp3) is 0.316. The molecule has 1 N–H and O–H groups in total. The topological polar surface area (TPSA) is 119 Å². The van der Waals surface area contributed by atoms with Gasteiger partial charge in [-0.3, -0.25) is 19.5 Å². The minimum Gasteiger partial charge on any atom is -0.467 e. The van der Waals surface area contributed by atoms with Crippen LogP contribution in [0.3, 0.4) is 0 Å². The highest BCUT2D eigenvalue weighted by Crippen LogP contribution is 2.28. The second kappa shape index (κ2) is 9.40. The fourth-order valence-electron chi connectivity index (χ4n) is 3.27. The molecular formula is C19H19ClN6O4S. The van der Waals surface area contributed by atoms with E-state index in [0.29, 0.717) is 11.7 Å². The number of nitrogens with one attached hydrogen (secondary N) is 1. The lowest BCUT2D eigenvalue weighted by Crippen LogP contribution is -2.23. The first-order valence-electron chi connectivity index (χ1n) is 9.58. The molecule has 162 valence electrons. The number of thioether (sulfide) groups is 1. The van der Waals surface area contributed by atoms with Crippen LogP contribution in [-0.4, -0.2) is 44.4 Å². The molecule has 1 amide bonds. The van der Waals surface area contributed by atoms with Crippen molar-refractivity contribution in [3.63, 3.8) is 0 Å². The lowest BCUT2D eigenvalue weighted by molar-refractivity contribution is -0.384. The predicted octanol–water partition coefficient (Wildman–Crippen LogP) is 3.81. The average Bonchev–Trinajstić information content (AvgIpc) is 3.50. The van der Waals surface area contributed by atoms with Gasteiger partial charge >= 0.3 is 0 Å². The molecule has 0 radical (unpaired) electrons. The van der Waals surface area contributed by atoms with Crippen LogP contribution in [0.25, 0.3) is 0 Å². The number of nitrogens with zero attached hydrogens (tertiary/aromatic N) is 5. The van der Waals surface area contributed by atoms with Gasteiger partial charge in [-0.15, -0.1) is 10.2 Å². The van der Waals surface area contributed by atoms with Gasteiger partial charge in [-0.1, -0.05) is 23.4 Å². The molecule has 12 heteroatoms. The van der Waals surface area contributed by atoms with Gasteiger partial charge in [0, 0.05) is 25.2 Å². The smallest absolute Gasteiger partial charge is 0.271 e. The molecule has 0 bridgehead atoms. The van der Waals surface area contributed by atoms with E-state index < -0.39 is 4.92 Å². The summed E-state index contributed by atoms with van der Waals surface area (Å²) in [6.45, 7) is 2.27. The third-order valence-corrected chi connectivity index (χ3v) is 6.04. The van der Waals surface area contributed by atoms with Crippen molar-refractivity contribution in [2.75, 3.05) is 29.1 Å². The summed E-state index contributed by atoms with van der Waals surface area (Å²) in [5.74, 6) is 1.19. The van der Waals surface area contributed by atoms with Crippen molar-refractivity contribution in [1.29, 1.82) is 0 Å². The molecule has 0 saturated carbocycles. The zero-order chi connectivity index (χ0) is 21.8. The Bertz CT molecular complexity index is 1080. The molecule has 1 saturated heterocycles. The van der Waals surface area contributed by atoms with E-state index in [4.69, 9.17) is 16.0 Å². The van der Waals surface area contributed by atoms with E-state index in [1.165, 1.54) is 30.0 Å². The Morgan fingerprint density at radius 3 is 2.81 bits per heavy atom. The van der Waals surface area contributed by atoms with Crippen molar-refractivity contribution in [3.8, 4) is 0 Å². The largest absolute Gasteiger partial charge is 0.467 e. The van der Waals surface area contributed by atoms with E-state index in [-0.39, 0.29) is 28.1 Å². The number of furan rings is 1. The lowest BCUT2D eigenvalue weighted by atomic mass is 10.3. The van der Waals surface area contributed by atoms with Crippen LogP contribution in [0.15, 0.2) is 46.2 Å². The summed E-state index contributed by atoms with van der Waals surface area (Å²) >= 11 is 7.28. The van der Waals surface area contributed by atoms with Gasteiger partial charge in [-0.05, 0) is 31.0 Å². The average molecular weight is 463 g/mol. The summed E-state index contributed by atoms with van der Waals surface area (Å²) in [5, 5.41) is 23.0. The first kappa shape index (κ1) is 21.2. The van der Waals surface area contributed by atoms with Crippen molar-refractivity contribution in [3.05, 3.63) is 57.5 Å². The highest BCUT2D eigenvalue weighted by atomic mass is 35.5. The number of non-ortho nitro benzene ring substituents is 1. The number of hydrogen-bond donors (Lipinski definition) is 1. The quantitative estimate of drug-likeness (QED) is 0.305. The van der Waals surface area contributed by atoms with Gasteiger partial charge < -0.3 is 14.6 Å². The van der Waals surface area contributed by atoms with Crippen molar-refractivity contribution >= 4 is 46.6 Å². The lowest BCUT2D eigenvalue weighted by Gasteiger charge is -2.17. The summed E-state index contributed by atoms with van der Waals surface area (Å²) in [4.78, 5) is 25.0. The van der Waals surface area contributed by atoms with Gasteiger partial charge in [0.25, 0.3) is 5.69 Å². The van der Waals surface area contributed by atoms with E-state index in [0.717, 1.165) is 37.6 Å². The van der Waals surface area contributed by atoms with Gasteiger partial charge in [0.1, 0.15) is 5.76 Å². The molecule has 10 nitrogen and oxygen atoms in total. The number of rotatable bonds is 8. The number of amides is 1. The van der Waals surface area contributed by atoms with Gasteiger partial charge in [-0.25, -0.2) is 0 Å². The molecule has 1 fully saturated rings. The number of nitro groups is 1. The molecule has 2 aromatic heterocycles. The van der Waals surface area contributed by atoms with Crippen LogP contribution in [0.1, 0.15) is 18.6 Å². The summed E-state index contributed by atoms with van der Waals surface area (Å²) in [6, 6.07) is 7.59. The predicted molar refractivity (Wildman–Crippen MR) is 117 cm³/mol. The second-order valence-corrected chi connectivity index (χ2v) is 8.25.